The Kier molecular flexibility index (Phi) is 3.43. The summed E-state index contributed by atoms with van der Waals surface area (Å²) in [6.07, 6.45) is 3.81. The lowest BCUT2D eigenvalue weighted by Crippen LogP contribution is -2.16. The Morgan fingerprint density at radius 2 is 1.81 bits per heavy atom. The predicted molar refractivity (Wildman–Crippen MR) is 83.1 cm³/mol. The van der Waals surface area contributed by atoms with Crippen LogP contribution in [0.1, 0.15) is 24.4 Å². The first-order chi connectivity index (χ1) is 10.0. The van der Waals surface area contributed by atoms with Crippen molar-refractivity contribution >= 4 is 5.78 Å². The third-order valence-electron chi connectivity index (χ3n) is 3.80. The Balaban J connectivity index is 1.94. The second-order valence-corrected chi connectivity index (χ2v) is 5.51. The first-order valence-electron chi connectivity index (χ1n) is 7.00. The maximum absolute atomic E-state index is 4.35. The van der Waals surface area contributed by atoms with Crippen LogP contribution < -0.4 is 0 Å². The van der Waals surface area contributed by atoms with Gasteiger partial charge in [-0.05, 0) is 39.1 Å². The molecule has 2 heterocycles. The molecule has 0 N–H and O–H groups in total. The first kappa shape index (κ1) is 13.7. The molecule has 1 aromatic carbocycles. The van der Waals surface area contributed by atoms with Crippen LogP contribution in [-0.4, -0.2) is 38.6 Å². The second kappa shape index (κ2) is 5.26. The van der Waals surface area contributed by atoms with E-state index in [-0.39, 0.29) is 0 Å². The fourth-order valence-electron chi connectivity index (χ4n) is 2.29. The van der Waals surface area contributed by atoms with E-state index >= 15 is 0 Å². The summed E-state index contributed by atoms with van der Waals surface area (Å²) in [5, 5.41) is 4.30. The van der Waals surface area contributed by atoms with Gasteiger partial charge in [0, 0.05) is 24.0 Å². The van der Waals surface area contributed by atoms with Gasteiger partial charge in [-0.25, -0.2) is 9.50 Å². The molecule has 21 heavy (non-hydrogen) atoms. The van der Waals surface area contributed by atoms with Gasteiger partial charge in [0.1, 0.15) is 5.82 Å². The summed E-state index contributed by atoms with van der Waals surface area (Å²) >= 11 is 0. The van der Waals surface area contributed by atoms with Crippen molar-refractivity contribution in [2.75, 3.05) is 14.1 Å². The molecular formula is C16H19N5. The molecule has 5 heteroatoms. The molecule has 0 aliphatic rings. The molecule has 3 rings (SSSR count). The van der Waals surface area contributed by atoms with Crippen molar-refractivity contribution in [1.82, 2.24) is 24.5 Å². The fraction of sp³-hybridized carbons (Fsp3) is 0.312. The monoisotopic (exact) mass is 281 g/mol. The third kappa shape index (κ3) is 2.64. The maximum Gasteiger partial charge on any atom is 0.252 e. The van der Waals surface area contributed by atoms with Crippen molar-refractivity contribution in [3.05, 3.63) is 48.0 Å². The van der Waals surface area contributed by atoms with Crippen LogP contribution in [-0.2, 0) is 0 Å². The van der Waals surface area contributed by atoms with E-state index in [1.54, 1.807) is 4.52 Å². The van der Waals surface area contributed by atoms with E-state index < -0.39 is 0 Å². The number of benzene rings is 1. The highest BCUT2D eigenvalue weighted by Crippen LogP contribution is 2.23. The second-order valence-electron chi connectivity index (χ2n) is 5.51. The lowest BCUT2D eigenvalue weighted by atomic mass is 10.0. The van der Waals surface area contributed by atoms with Gasteiger partial charge in [0.2, 0.25) is 0 Å². The molecule has 0 saturated carbocycles. The van der Waals surface area contributed by atoms with E-state index in [0.29, 0.717) is 11.8 Å². The zero-order valence-corrected chi connectivity index (χ0v) is 12.8. The average Bonchev–Trinajstić information content (AvgIpc) is 2.85. The zero-order chi connectivity index (χ0) is 15.0. The van der Waals surface area contributed by atoms with Gasteiger partial charge in [0.05, 0.1) is 0 Å². The van der Waals surface area contributed by atoms with E-state index in [0.717, 1.165) is 17.0 Å². The number of rotatable bonds is 3. The highest BCUT2D eigenvalue weighted by molar-refractivity contribution is 5.62. The van der Waals surface area contributed by atoms with Crippen LogP contribution in [0.3, 0.4) is 0 Å². The van der Waals surface area contributed by atoms with Gasteiger partial charge in [0.15, 0.2) is 0 Å². The molecule has 3 aromatic rings. The van der Waals surface area contributed by atoms with E-state index in [1.807, 2.05) is 19.3 Å². The fourth-order valence-corrected chi connectivity index (χ4v) is 2.29. The molecule has 1 atom stereocenters. The molecule has 0 aliphatic carbocycles. The van der Waals surface area contributed by atoms with Crippen LogP contribution in [0.2, 0.25) is 0 Å². The van der Waals surface area contributed by atoms with Crippen LogP contribution in [0, 0.1) is 6.92 Å². The third-order valence-corrected chi connectivity index (χ3v) is 3.80. The minimum Gasteiger partial charge on any atom is -0.303 e. The summed E-state index contributed by atoms with van der Waals surface area (Å²) in [5.74, 6) is 1.36. The van der Waals surface area contributed by atoms with Crippen LogP contribution in [0.25, 0.3) is 16.9 Å². The van der Waals surface area contributed by atoms with Crippen molar-refractivity contribution in [2.45, 2.75) is 19.9 Å². The molecule has 5 nitrogen and oxygen atoms in total. The number of hydrogen-bond donors (Lipinski definition) is 0. The smallest absolute Gasteiger partial charge is 0.252 e. The minimum atomic E-state index is 0.401. The Hall–Kier alpha value is -2.27. The van der Waals surface area contributed by atoms with Crippen LogP contribution in [0.5, 0.6) is 0 Å². The molecule has 2 aromatic heterocycles. The number of hydrogen-bond acceptors (Lipinski definition) is 4. The van der Waals surface area contributed by atoms with E-state index in [4.69, 9.17) is 0 Å². The molecule has 0 unspecified atom stereocenters. The standard InChI is InChI=1S/C16H19N5/c1-11(20(3)4)13-5-7-14(8-6-13)15-9-17-16-18-12(2)19-21(16)10-15/h5-11H,1-4H3/t11-/m1/s1. The molecule has 108 valence electrons. The van der Waals surface area contributed by atoms with E-state index in [2.05, 4.69) is 65.3 Å². The van der Waals surface area contributed by atoms with Gasteiger partial charge >= 0.3 is 0 Å². The Bertz CT molecular complexity index is 758. The zero-order valence-electron chi connectivity index (χ0n) is 12.8. The lowest BCUT2D eigenvalue weighted by Gasteiger charge is -2.20. The van der Waals surface area contributed by atoms with Crippen LogP contribution in [0.15, 0.2) is 36.7 Å². The SMILES string of the molecule is Cc1nc2ncc(-c3ccc([C@@H](C)N(C)C)cc3)cn2n1. The largest absolute Gasteiger partial charge is 0.303 e. The van der Waals surface area contributed by atoms with Crippen molar-refractivity contribution in [1.29, 1.82) is 0 Å². The van der Waals surface area contributed by atoms with E-state index in [9.17, 15) is 0 Å². The summed E-state index contributed by atoms with van der Waals surface area (Å²) < 4.78 is 1.72. The summed E-state index contributed by atoms with van der Waals surface area (Å²) in [4.78, 5) is 10.8. The first-order valence-corrected chi connectivity index (χ1v) is 7.00. The predicted octanol–water partition coefficient (Wildman–Crippen LogP) is 2.72. The van der Waals surface area contributed by atoms with Crippen molar-refractivity contribution in [2.24, 2.45) is 0 Å². The topological polar surface area (TPSA) is 46.3 Å². The molecule has 0 amide bonds. The average molecular weight is 281 g/mol. The number of nitrogens with zero attached hydrogens (tertiary/aromatic N) is 5. The minimum absolute atomic E-state index is 0.401. The normalized spacial score (nSPS) is 13.0. The number of aromatic nitrogens is 4. The van der Waals surface area contributed by atoms with Gasteiger partial charge in [-0.2, -0.15) is 10.1 Å². The van der Waals surface area contributed by atoms with E-state index in [1.165, 1.54) is 5.56 Å². The molecule has 0 bridgehead atoms. The Labute approximate surface area is 124 Å². The van der Waals surface area contributed by atoms with Gasteiger partial charge in [-0.3, -0.25) is 0 Å². The van der Waals surface area contributed by atoms with Gasteiger partial charge in [0.25, 0.3) is 5.78 Å². The van der Waals surface area contributed by atoms with Gasteiger partial charge in [-0.1, -0.05) is 24.3 Å². The maximum atomic E-state index is 4.35. The molecular weight excluding hydrogens is 262 g/mol. The number of aryl methyl sites for hydroxylation is 1. The van der Waals surface area contributed by atoms with Crippen LogP contribution >= 0.6 is 0 Å². The summed E-state index contributed by atoms with van der Waals surface area (Å²) in [7, 11) is 4.17. The molecule has 0 radical (unpaired) electrons. The molecule has 0 spiro atoms. The Morgan fingerprint density at radius 3 is 2.48 bits per heavy atom. The molecule has 0 aliphatic heterocycles. The molecule has 0 saturated heterocycles. The van der Waals surface area contributed by atoms with Crippen molar-refractivity contribution < 1.29 is 0 Å². The summed E-state index contributed by atoms with van der Waals surface area (Å²) in [5.41, 5.74) is 3.47. The lowest BCUT2D eigenvalue weighted by molar-refractivity contribution is 0.321. The highest BCUT2D eigenvalue weighted by Gasteiger charge is 2.08. The number of fused-ring (bicyclic) bond motifs is 1. The van der Waals surface area contributed by atoms with Gasteiger partial charge < -0.3 is 4.90 Å². The summed E-state index contributed by atoms with van der Waals surface area (Å²) in [6.45, 7) is 4.06. The highest BCUT2D eigenvalue weighted by atomic mass is 15.3. The molecule has 0 fully saturated rings. The van der Waals surface area contributed by atoms with Crippen LogP contribution in [0.4, 0.5) is 0 Å². The quantitative estimate of drug-likeness (QED) is 0.740. The van der Waals surface area contributed by atoms with Gasteiger partial charge in [-0.15, -0.1) is 0 Å². The van der Waals surface area contributed by atoms with Crippen molar-refractivity contribution in [3.8, 4) is 11.1 Å². The Morgan fingerprint density at radius 1 is 1.10 bits per heavy atom. The summed E-state index contributed by atoms with van der Waals surface area (Å²) in [6, 6.07) is 8.98. The van der Waals surface area contributed by atoms with Crippen molar-refractivity contribution in [3.63, 3.8) is 0 Å².